The predicted molar refractivity (Wildman–Crippen MR) is 66.8 cm³/mol. The van der Waals surface area contributed by atoms with Crippen LogP contribution in [0.1, 0.15) is 23.2 Å². The Morgan fingerprint density at radius 1 is 1.24 bits per heavy atom. The minimum Gasteiger partial charge on any atom is -0.294 e. The third kappa shape index (κ3) is 3.00. The van der Waals surface area contributed by atoms with Crippen LogP contribution in [0.4, 0.5) is 0 Å². The number of hydrogen-bond donors (Lipinski definition) is 0. The maximum Gasteiger partial charge on any atom is 0.185 e. The highest BCUT2D eigenvalue weighted by Gasteiger charge is 2.15. The van der Waals surface area contributed by atoms with Gasteiger partial charge in [0.05, 0.1) is 0 Å². The summed E-state index contributed by atoms with van der Waals surface area (Å²) in [7, 11) is 0. The number of carbonyl (C=O) groups excluding carboxylic acids is 2. The summed E-state index contributed by atoms with van der Waals surface area (Å²) in [6.45, 7) is 0. The number of ketones is 2. The van der Waals surface area contributed by atoms with E-state index in [0.717, 1.165) is 12.8 Å². The largest absolute Gasteiger partial charge is 0.294 e. The Hall–Kier alpha value is -1.96. The molecule has 0 amide bonds. The molecular weight excluding hydrogens is 212 g/mol. The third-order valence-corrected chi connectivity index (χ3v) is 2.83. The zero-order chi connectivity index (χ0) is 12.1. The fourth-order valence-corrected chi connectivity index (χ4v) is 1.83. The van der Waals surface area contributed by atoms with Crippen molar-refractivity contribution in [2.75, 3.05) is 0 Å². The quantitative estimate of drug-likeness (QED) is 0.586. The molecule has 1 aliphatic carbocycles. The molecule has 0 aromatic heterocycles. The molecule has 86 valence electrons. The van der Waals surface area contributed by atoms with Gasteiger partial charge in [0.1, 0.15) is 0 Å². The lowest BCUT2D eigenvalue weighted by atomic mass is 9.92. The van der Waals surface area contributed by atoms with E-state index in [-0.39, 0.29) is 17.5 Å². The second kappa shape index (κ2) is 5.39. The summed E-state index contributed by atoms with van der Waals surface area (Å²) in [5.41, 5.74) is 0.655. The fourth-order valence-electron chi connectivity index (χ4n) is 1.83. The number of benzene rings is 1. The summed E-state index contributed by atoms with van der Waals surface area (Å²) in [6, 6.07) is 9.08. The molecular formula is C15H14O2. The minimum absolute atomic E-state index is 0.0482. The van der Waals surface area contributed by atoms with E-state index in [2.05, 4.69) is 0 Å². The second-order valence-corrected chi connectivity index (χ2v) is 4.08. The Balaban J connectivity index is 2.04. The van der Waals surface area contributed by atoms with Gasteiger partial charge >= 0.3 is 0 Å². The summed E-state index contributed by atoms with van der Waals surface area (Å²) in [4.78, 5) is 23.3. The molecule has 0 bridgehead atoms. The van der Waals surface area contributed by atoms with E-state index >= 15 is 0 Å². The minimum atomic E-state index is -0.132. The van der Waals surface area contributed by atoms with Crippen LogP contribution in [-0.4, -0.2) is 11.6 Å². The van der Waals surface area contributed by atoms with Crippen molar-refractivity contribution in [3.63, 3.8) is 0 Å². The van der Waals surface area contributed by atoms with Gasteiger partial charge in [0.25, 0.3) is 0 Å². The molecule has 0 spiro atoms. The lowest BCUT2D eigenvalue weighted by Crippen LogP contribution is -2.12. The zero-order valence-corrected chi connectivity index (χ0v) is 9.50. The number of hydrogen-bond acceptors (Lipinski definition) is 2. The molecule has 0 fully saturated rings. The Kier molecular flexibility index (Phi) is 3.66. The van der Waals surface area contributed by atoms with Gasteiger partial charge < -0.3 is 0 Å². The highest BCUT2D eigenvalue weighted by atomic mass is 16.1. The van der Waals surface area contributed by atoms with Crippen molar-refractivity contribution >= 4 is 11.6 Å². The van der Waals surface area contributed by atoms with Crippen LogP contribution in [0.2, 0.25) is 0 Å². The maximum absolute atomic E-state index is 11.8. The smallest absolute Gasteiger partial charge is 0.185 e. The lowest BCUT2D eigenvalue weighted by Gasteiger charge is -2.11. The van der Waals surface area contributed by atoms with Crippen molar-refractivity contribution in [1.82, 2.24) is 0 Å². The first-order valence-corrected chi connectivity index (χ1v) is 5.75. The molecule has 1 unspecified atom stereocenters. The molecule has 2 nitrogen and oxygen atoms in total. The first-order chi connectivity index (χ1) is 8.27. The van der Waals surface area contributed by atoms with Crippen molar-refractivity contribution in [2.24, 2.45) is 5.92 Å². The van der Waals surface area contributed by atoms with Crippen LogP contribution in [0.5, 0.6) is 0 Å². The number of carbonyl (C=O) groups is 2. The molecule has 0 saturated heterocycles. The highest BCUT2D eigenvalue weighted by molar-refractivity contribution is 6.05. The maximum atomic E-state index is 11.8. The summed E-state index contributed by atoms with van der Waals surface area (Å²) >= 11 is 0. The van der Waals surface area contributed by atoms with E-state index in [1.165, 1.54) is 6.08 Å². The van der Waals surface area contributed by atoms with Gasteiger partial charge in [0.2, 0.25) is 0 Å². The van der Waals surface area contributed by atoms with Gasteiger partial charge in [-0.25, -0.2) is 0 Å². The molecule has 0 N–H and O–H groups in total. The molecule has 0 heterocycles. The zero-order valence-electron chi connectivity index (χ0n) is 9.50. The summed E-state index contributed by atoms with van der Waals surface area (Å²) < 4.78 is 0. The van der Waals surface area contributed by atoms with Gasteiger partial charge in [0, 0.05) is 11.5 Å². The van der Waals surface area contributed by atoms with Crippen LogP contribution in [-0.2, 0) is 4.79 Å². The molecule has 1 aromatic carbocycles. The normalized spacial score (nSPS) is 19.8. The van der Waals surface area contributed by atoms with Gasteiger partial charge in [-0.3, -0.25) is 9.59 Å². The summed E-state index contributed by atoms with van der Waals surface area (Å²) in [5.74, 6) is -0.0889. The Labute approximate surface area is 101 Å². The van der Waals surface area contributed by atoms with Crippen molar-refractivity contribution in [3.05, 3.63) is 60.2 Å². The topological polar surface area (TPSA) is 34.1 Å². The monoisotopic (exact) mass is 226 g/mol. The highest BCUT2D eigenvalue weighted by Crippen LogP contribution is 2.16. The van der Waals surface area contributed by atoms with E-state index in [0.29, 0.717) is 5.56 Å². The van der Waals surface area contributed by atoms with Crippen LogP contribution in [0.15, 0.2) is 54.6 Å². The molecule has 17 heavy (non-hydrogen) atoms. The van der Waals surface area contributed by atoms with E-state index in [1.54, 1.807) is 24.3 Å². The van der Waals surface area contributed by atoms with E-state index < -0.39 is 0 Å². The predicted octanol–water partition coefficient (Wildman–Crippen LogP) is 2.96. The molecule has 0 saturated carbocycles. The first kappa shape index (κ1) is 11.5. The average molecular weight is 226 g/mol. The van der Waals surface area contributed by atoms with E-state index in [4.69, 9.17) is 0 Å². The Morgan fingerprint density at radius 3 is 2.71 bits per heavy atom. The van der Waals surface area contributed by atoms with Crippen LogP contribution in [0.3, 0.4) is 0 Å². The number of allylic oxidation sites excluding steroid dienone is 4. The summed E-state index contributed by atoms with van der Waals surface area (Å²) in [5, 5.41) is 0. The number of rotatable bonds is 3. The molecule has 1 aliphatic rings. The fraction of sp³-hybridized carbons (Fsp3) is 0.200. The standard InChI is InChI=1S/C15H14O2/c16-14-9-5-4-8-13(14)10-11-15(17)12-6-2-1-3-7-12/h1-3,5-7,9-11,13H,4,8H2. The first-order valence-electron chi connectivity index (χ1n) is 5.75. The van der Waals surface area contributed by atoms with Crippen LogP contribution in [0, 0.1) is 5.92 Å². The van der Waals surface area contributed by atoms with Gasteiger partial charge in [-0.05, 0) is 25.0 Å². The molecule has 1 aromatic rings. The third-order valence-electron chi connectivity index (χ3n) is 2.83. The van der Waals surface area contributed by atoms with Gasteiger partial charge in [-0.15, -0.1) is 0 Å². The average Bonchev–Trinajstić information content (AvgIpc) is 2.38. The van der Waals surface area contributed by atoms with Crippen molar-refractivity contribution in [3.8, 4) is 0 Å². The molecule has 0 aliphatic heterocycles. The lowest BCUT2D eigenvalue weighted by molar-refractivity contribution is -0.117. The second-order valence-electron chi connectivity index (χ2n) is 4.08. The SMILES string of the molecule is O=C(C=CC1CCC=CC1=O)c1ccccc1. The Morgan fingerprint density at radius 2 is 2.00 bits per heavy atom. The van der Waals surface area contributed by atoms with Gasteiger partial charge in [-0.1, -0.05) is 42.5 Å². The van der Waals surface area contributed by atoms with Crippen LogP contribution >= 0.6 is 0 Å². The Bertz CT molecular complexity index is 469. The molecule has 1 atom stereocenters. The van der Waals surface area contributed by atoms with E-state index in [9.17, 15) is 9.59 Å². The van der Waals surface area contributed by atoms with Crippen LogP contribution < -0.4 is 0 Å². The van der Waals surface area contributed by atoms with Crippen molar-refractivity contribution in [1.29, 1.82) is 0 Å². The van der Waals surface area contributed by atoms with Crippen LogP contribution in [0.25, 0.3) is 0 Å². The molecule has 0 radical (unpaired) electrons. The summed E-state index contributed by atoms with van der Waals surface area (Å²) in [6.07, 6.45) is 8.42. The molecule has 2 heteroatoms. The van der Waals surface area contributed by atoms with Gasteiger partial charge in [-0.2, -0.15) is 0 Å². The van der Waals surface area contributed by atoms with E-state index in [1.807, 2.05) is 24.3 Å². The van der Waals surface area contributed by atoms with Crippen molar-refractivity contribution < 1.29 is 9.59 Å². The molecule has 2 rings (SSSR count). The van der Waals surface area contributed by atoms with Gasteiger partial charge in [0.15, 0.2) is 11.6 Å². The van der Waals surface area contributed by atoms with Crippen molar-refractivity contribution in [2.45, 2.75) is 12.8 Å².